The SMILES string of the molecule is CN1CCc2nc3sc(C=O)c(N)c3c(-c3cccs3)c2C1.CNc1ccc(O)cc1. The third kappa shape index (κ3) is 4.27. The van der Waals surface area contributed by atoms with Crippen LogP contribution in [0.2, 0.25) is 0 Å². The quantitative estimate of drug-likeness (QED) is 0.304. The minimum absolute atomic E-state index is 0.300. The molecule has 0 saturated heterocycles. The molecule has 0 spiro atoms. The summed E-state index contributed by atoms with van der Waals surface area (Å²) in [5, 5.41) is 14.8. The second kappa shape index (κ2) is 9.05. The van der Waals surface area contributed by atoms with Gasteiger partial charge in [0, 0.05) is 53.8 Å². The van der Waals surface area contributed by atoms with E-state index < -0.39 is 0 Å². The van der Waals surface area contributed by atoms with E-state index in [1.165, 1.54) is 27.3 Å². The van der Waals surface area contributed by atoms with Crippen LogP contribution in [0.5, 0.6) is 5.75 Å². The zero-order valence-electron chi connectivity index (χ0n) is 17.4. The van der Waals surface area contributed by atoms with Crippen molar-refractivity contribution in [2.45, 2.75) is 13.0 Å². The predicted octanol–water partition coefficient (Wildman–Crippen LogP) is 4.84. The van der Waals surface area contributed by atoms with E-state index in [9.17, 15) is 4.79 Å². The number of thiophene rings is 2. The van der Waals surface area contributed by atoms with E-state index in [4.69, 9.17) is 15.8 Å². The number of rotatable bonds is 3. The Morgan fingerprint density at radius 3 is 2.68 bits per heavy atom. The van der Waals surface area contributed by atoms with Crippen molar-refractivity contribution in [1.82, 2.24) is 9.88 Å². The van der Waals surface area contributed by atoms with Crippen molar-refractivity contribution >= 4 is 50.6 Å². The highest BCUT2D eigenvalue weighted by Gasteiger charge is 2.25. The van der Waals surface area contributed by atoms with E-state index in [0.717, 1.165) is 47.4 Å². The Morgan fingerprint density at radius 2 is 2.03 bits per heavy atom. The Kier molecular flexibility index (Phi) is 6.22. The topological polar surface area (TPSA) is 91.5 Å². The molecular formula is C23H24N4O2S2. The molecule has 0 bridgehead atoms. The molecule has 0 amide bonds. The maximum Gasteiger partial charge on any atom is 0.162 e. The number of phenolic OH excluding ortho intramolecular Hbond substituents is 1. The van der Waals surface area contributed by atoms with E-state index in [0.29, 0.717) is 16.3 Å². The molecule has 4 heterocycles. The largest absolute Gasteiger partial charge is 0.508 e. The Morgan fingerprint density at radius 1 is 1.26 bits per heavy atom. The van der Waals surface area contributed by atoms with Crippen LogP contribution in [0, 0.1) is 0 Å². The van der Waals surface area contributed by atoms with Crippen LogP contribution in [-0.4, -0.2) is 41.9 Å². The summed E-state index contributed by atoms with van der Waals surface area (Å²) in [6, 6.07) is 11.1. The molecule has 0 saturated carbocycles. The second-order valence-corrected chi connectivity index (χ2v) is 9.33. The molecule has 160 valence electrons. The van der Waals surface area contributed by atoms with Gasteiger partial charge in [0.2, 0.25) is 0 Å². The number of aromatic nitrogens is 1. The average molecular weight is 453 g/mol. The molecule has 1 aromatic carbocycles. The van der Waals surface area contributed by atoms with Gasteiger partial charge < -0.3 is 21.1 Å². The number of aromatic hydroxyl groups is 1. The van der Waals surface area contributed by atoms with E-state index in [1.54, 1.807) is 23.5 Å². The Labute approximate surface area is 189 Å². The highest BCUT2D eigenvalue weighted by molar-refractivity contribution is 7.21. The van der Waals surface area contributed by atoms with Crippen LogP contribution in [0.15, 0.2) is 41.8 Å². The van der Waals surface area contributed by atoms with Crippen LogP contribution in [0.4, 0.5) is 11.4 Å². The number of fused-ring (bicyclic) bond motifs is 2. The minimum atomic E-state index is 0.300. The minimum Gasteiger partial charge on any atom is -0.508 e. The molecule has 0 atom stereocenters. The lowest BCUT2D eigenvalue weighted by Gasteiger charge is -2.26. The normalized spacial score (nSPS) is 13.4. The number of phenols is 1. The molecule has 6 nitrogen and oxygen atoms in total. The van der Waals surface area contributed by atoms with Crippen molar-refractivity contribution < 1.29 is 9.90 Å². The number of anilines is 2. The summed E-state index contributed by atoms with van der Waals surface area (Å²) in [6.45, 7) is 1.88. The Bertz CT molecular complexity index is 1200. The molecule has 31 heavy (non-hydrogen) atoms. The van der Waals surface area contributed by atoms with Crippen molar-refractivity contribution in [3.8, 4) is 16.2 Å². The van der Waals surface area contributed by atoms with Gasteiger partial charge >= 0.3 is 0 Å². The molecule has 5 rings (SSSR count). The summed E-state index contributed by atoms with van der Waals surface area (Å²) in [4.78, 5) is 21.0. The molecule has 4 N–H and O–H groups in total. The van der Waals surface area contributed by atoms with Gasteiger partial charge in [0.15, 0.2) is 6.29 Å². The van der Waals surface area contributed by atoms with Gasteiger partial charge in [0.1, 0.15) is 10.6 Å². The second-order valence-electron chi connectivity index (χ2n) is 7.35. The van der Waals surface area contributed by atoms with Gasteiger partial charge in [-0.25, -0.2) is 4.98 Å². The van der Waals surface area contributed by atoms with Crippen LogP contribution in [-0.2, 0) is 13.0 Å². The van der Waals surface area contributed by atoms with Crippen LogP contribution in [0.3, 0.4) is 0 Å². The van der Waals surface area contributed by atoms with Crippen molar-refractivity contribution in [3.63, 3.8) is 0 Å². The van der Waals surface area contributed by atoms with Crippen molar-refractivity contribution in [2.24, 2.45) is 0 Å². The number of nitrogens with two attached hydrogens (primary N) is 1. The van der Waals surface area contributed by atoms with Gasteiger partial charge in [-0.15, -0.1) is 22.7 Å². The van der Waals surface area contributed by atoms with E-state index in [1.807, 2.05) is 25.2 Å². The third-order valence-corrected chi connectivity index (χ3v) is 7.19. The highest BCUT2D eigenvalue weighted by Crippen LogP contribution is 2.43. The lowest BCUT2D eigenvalue weighted by molar-refractivity contribution is 0.112. The number of nitrogens with zero attached hydrogens (tertiary/aromatic N) is 2. The average Bonchev–Trinajstić information content (AvgIpc) is 3.42. The van der Waals surface area contributed by atoms with Crippen LogP contribution < -0.4 is 11.1 Å². The smallest absolute Gasteiger partial charge is 0.162 e. The summed E-state index contributed by atoms with van der Waals surface area (Å²) in [7, 11) is 3.96. The first-order chi connectivity index (χ1) is 15.0. The molecule has 0 fully saturated rings. The lowest BCUT2D eigenvalue weighted by Crippen LogP contribution is -2.27. The number of nitrogens with one attached hydrogen (secondary N) is 1. The summed E-state index contributed by atoms with van der Waals surface area (Å²) >= 11 is 3.10. The Hall–Kier alpha value is -2.94. The highest BCUT2D eigenvalue weighted by atomic mass is 32.1. The first-order valence-corrected chi connectivity index (χ1v) is 11.6. The fourth-order valence-corrected chi connectivity index (χ4v) is 5.43. The fraction of sp³-hybridized carbons (Fsp3) is 0.217. The lowest BCUT2D eigenvalue weighted by atomic mass is 9.96. The number of carbonyl (C=O) groups excluding carboxylic acids is 1. The summed E-state index contributed by atoms with van der Waals surface area (Å²) < 4.78 is 0. The van der Waals surface area contributed by atoms with Gasteiger partial charge in [-0.1, -0.05) is 6.07 Å². The molecule has 1 aliphatic rings. The zero-order chi connectivity index (χ0) is 22.0. The molecular weight excluding hydrogens is 428 g/mol. The number of hydrogen-bond acceptors (Lipinski definition) is 8. The number of pyridine rings is 1. The molecule has 1 aliphatic heterocycles. The number of hydrogen-bond donors (Lipinski definition) is 3. The van der Waals surface area contributed by atoms with Gasteiger partial charge in [0.05, 0.1) is 10.6 Å². The number of likely N-dealkylation sites (N-methyl/N-ethyl adjacent to an activating group) is 1. The molecule has 0 unspecified atom stereocenters. The predicted molar refractivity (Wildman–Crippen MR) is 130 cm³/mol. The van der Waals surface area contributed by atoms with Crippen LogP contribution >= 0.6 is 22.7 Å². The maximum absolute atomic E-state index is 11.3. The standard InChI is InChI=1S/C16H15N3OS2.C7H9NO/c1-19-5-4-10-9(7-19)13(11-3-2-6-21-11)14-15(17)12(8-20)22-16(14)18-10;1-8-6-2-4-7(9)5-3-6/h2-3,6,8H,4-5,7,17H2,1H3;2-5,8-9H,1H3. The van der Waals surface area contributed by atoms with Gasteiger partial charge in [-0.3, -0.25) is 4.79 Å². The molecule has 0 radical (unpaired) electrons. The van der Waals surface area contributed by atoms with Crippen LogP contribution in [0.25, 0.3) is 20.7 Å². The number of carbonyl (C=O) groups is 1. The number of aldehydes is 1. The maximum atomic E-state index is 11.3. The fourth-order valence-electron chi connectivity index (χ4n) is 3.69. The van der Waals surface area contributed by atoms with Gasteiger partial charge in [0.25, 0.3) is 0 Å². The summed E-state index contributed by atoms with van der Waals surface area (Å²) in [6.07, 6.45) is 1.78. The van der Waals surface area contributed by atoms with E-state index in [2.05, 4.69) is 28.7 Å². The van der Waals surface area contributed by atoms with Crippen molar-refractivity contribution in [2.75, 3.05) is 31.7 Å². The number of nitrogen functional groups attached to an aromatic ring is 1. The van der Waals surface area contributed by atoms with Crippen LogP contribution in [0.1, 0.15) is 20.9 Å². The first-order valence-electron chi connectivity index (χ1n) is 9.90. The molecule has 0 aliphatic carbocycles. The molecule has 4 aromatic rings. The monoisotopic (exact) mass is 452 g/mol. The van der Waals surface area contributed by atoms with Crippen molar-refractivity contribution in [3.05, 3.63) is 57.9 Å². The van der Waals surface area contributed by atoms with E-state index in [-0.39, 0.29) is 0 Å². The third-order valence-electron chi connectivity index (χ3n) is 5.28. The Balaban J connectivity index is 0.000000217. The first kappa shape index (κ1) is 21.3. The number of benzene rings is 1. The molecule has 8 heteroatoms. The molecule has 3 aromatic heterocycles. The zero-order valence-corrected chi connectivity index (χ0v) is 19.0. The van der Waals surface area contributed by atoms with Gasteiger partial charge in [-0.2, -0.15) is 0 Å². The summed E-state index contributed by atoms with van der Waals surface area (Å²) in [5.74, 6) is 0.300. The van der Waals surface area contributed by atoms with Crippen molar-refractivity contribution in [1.29, 1.82) is 0 Å². The van der Waals surface area contributed by atoms with Gasteiger partial charge in [-0.05, 0) is 48.3 Å². The summed E-state index contributed by atoms with van der Waals surface area (Å²) in [5.41, 5.74) is 11.4. The van der Waals surface area contributed by atoms with E-state index >= 15 is 0 Å².